The molecule has 0 bridgehead atoms. The van der Waals surface area contributed by atoms with Gasteiger partial charge in [-0.05, 0) is 28.9 Å². The molecule has 2 N–H and O–H groups in total. The van der Waals surface area contributed by atoms with Crippen molar-refractivity contribution < 1.29 is 10.2 Å². The molecule has 0 spiro atoms. The molecular weight excluding hydrogens is 336 g/mol. The fraction of sp³-hybridized carbons (Fsp3) is 0.357. The normalized spacial score (nSPS) is 21.8. The number of fused-ring (bicyclic) bond motifs is 1. The third-order valence-electron chi connectivity index (χ3n) is 3.66. The second-order valence-corrected chi connectivity index (χ2v) is 5.91. The molecule has 0 aliphatic carbocycles. The number of hydrogen-bond acceptors (Lipinski definition) is 6. The van der Waals surface area contributed by atoms with Gasteiger partial charge in [0.05, 0.1) is 34.7 Å². The molecule has 0 saturated carbocycles. The van der Waals surface area contributed by atoms with Gasteiger partial charge in [0.15, 0.2) is 0 Å². The van der Waals surface area contributed by atoms with Gasteiger partial charge in [-0.3, -0.25) is 4.98 Å². The second-order valence-electron chi connectivity index (χ2n) is 5.10. The Morgan fingerprint density at radius 2 is 2.05 bits per heavy atom. The molecule has 21 heavy (non-hydrogen) atoms. The van der Waals surface area contributed by atoms with Gasteiger partial charge in [0.25, 0.3) is 0 Å². The lowest BCUT2D eigenvalue weighted by atomic mass is 10.1. The molecule has 108 valence electrons. The molecule has 0 amide bonds. The second kappa shape index (κ2) is 5.22. The zero-order valence-electron chi connectivity index (χ0n) is 11.3. The van der Waals surface area contributed by atoms with Gasteiger partial charge >= 0.3 is 0 Å². The molecule has 7 heteroatoms. The molecule has 1 saturated heterocycles. The first kappa shape index (κ1) is 14.2. The van der Waals surface area contributed by atoms with Crippen molar-refractivity contribution in [3.8, 4) is 6.07 Å². The molecule has 2 aromatic heterocycles. The maximum Gasteiger partial charge on any atom is 0.107 e. The number of nitriles is 1. The van der Waals surface area contributed by atoms with Crippen LogP contribution in [0.2, 0.25) is 0 Å². The van der Waals surface area contributed by atoms with Crippen molar-refractivity contribution in [1.29, 1.82) is 5.26 Å². The van der Waals surface area contributed by atoms with E-state index < -0.39 is 12.2 Å². The van der Waals surface area contributed by atoms with Gasteiger partial charge in [0.1, 0.15) is 10.7 Å². The van der Waals surface area contributed by atoms with Crippen molar-refractivity contribution in [2.24, 2.45) is 0 Å². The summed E-state index contributed by atoms with van der Waals surface area (Å²) in [6, 6.07) is 3.94. The maximum absolute atomic E-state index is 9.76. The quantitative estimate of drug-likeness (QED) is 0.750. The Bertz CT molecular complexity index is 749. The van der Waals surface area contributed by atoms with Crippen LogP contribution in [0.1, 0.15) is 11.3 Å². The summed E-state index contributed by atoms with van der Waals surface area (Å²) in [4.78, 5) is 10.4. The Hall–Kier alpha value is -1.75. The van der Waals surface area contributed by atoms with E-state index in [0.29, 0.717) is 21.4 Å². The van der Waals surface area contributed by atoms with E-state index in [0.717, 1.165) is 11.1 Å². The molecule has 1 aliphatic heterocycles. The van der Waals surface area contributed by atoms with E-state index in [-0.39, 0.29) is 13.1 Å². The zero-order valence-corrected chi connectivity index (χ0v) is 12.9. The van der Waals surface area contributed by atoms with Crippen molar-refractivity contribution in [2.45, 2.75) is 19.1 Å². The van der Waals surface area contributed by atoms with Crippen molar-refractivity contribution in [3.63, 3.8) is 0 Å². The van der Waals surface area contributed by atoms with Crippen LogP contribution < -0.4 is 4.90 Å². The summed E-state index contributed by atoms with van der Waals surface area (Å²) in [7, 11) is 0. The summed E-state index contributed by atoms with van der Waals surface area (Å²) < 4.78 is 0.658. The van der Waals surface area contributed by atoms with Gasteiger partial charge < -0.3 is 15.1 Å². The number of hydrogen-bond donors (Lipinski definition) is 2. The first-order valence-corrected chi connectivity index (χ1v) is 7.27. The van der Waals surface area contributed by atoms with Crippen molar-refractivity contribution in [1.82, 2.24) is 9.97 Å². The van der Waals surface area contributed by atoms with Crippen molar-refractivity contribution in [2.75, 3.05) is 18.0 Å². The number of pyridine rings is 2. The van der Waals surface area contributed by atoms with Gasteiger partial charge in [-0.15, -0.1) is 0 Å². The summed E-state index contributed by atoms with van der Waals surface area (Å²) in [5.41, 5.74) is 2.57. The fourth-order valence-corrected chi connectivity index (χ4v) is 3.18. The SMILES string of the molecule is Cc1nc(Br)cc2c(N3C[C@@H](O)[C@@H](O)C3)c(C#N)cnc12. The zero-order chi connectivity index (χ0) is 15.1. The highest BCUT2D eigenvalue weighted by Crippen LogP contribution is 2.33. The van der Waals surface area contributed by atoms with Gasteiger partial charge in [-0.1, -0.05) is 0 Å². The molecule has 3 rings (SSSR count). The van der Waals surface area contributed by atoms with E-state index in [4.69, 9.17) is 0 Å². The summed E-state index contributed by atoms with van der Waals surface area (Å²) in [5.74, 6) is 0. The predicted octanol–water partition coefficient (Wildman–Crippen LogP) is 1.11. The van der Waals surface area contributed by atoms with Crippen LogP contribution in [0.25, 0.3) is 10.9 Å². The van der Waals surface area contributed by atoms with Crippen LogP contribution in [0.15, 0.2) is 16.9 Å². The van der Waals surface area contributed by atoms with Crippen LogP contribution >= 0.6 is 15.9 Å². The molecule has 1 fully saturated rings. The number of rotatable bonds is 1. The minimum atomic E-state index is -0.814. The number of aryl methyl sites for hydroxylation is 1. The number of aromatic nitrogens is 2. The highest BCUT2D eigenvalue weighted by molar-refractivity contribution is 9.10. The van der Waals surface area contributed by atoms with Crippen LogP contribution in [0.3, 0.4) is 0 Å². The fourth-order valence-electron chi connectivity index (χ4n) is 2.68. The molecule has 0 radical (unpaired) electrons. The molecular formula is C14H13BrN4O2. The van der Waals surface area contributed by atoms with Crippen LogP contribution in [0, 0.1) is 18.3 Å². The lowest BCUT2D eigenvalue weighted by molar-refractivity contribution is 0.0572. The number of aliphatic hydroxyl groups is 2. The van der Waals surface area contributed by atoms with Gasteiger partial charge in [0, 0.05) is 24.7 Å². The van der Waals surface area contributed by atoms with E-state index in [9.17, 15) is 15.5 Å². The summed E-state index contributed by atoms with van der Waals surface area (Å²) in [6.45, 7) is 2.42. The van der Waals surface area contributed by atoms with E-state index in [1.807, 2.05) is 17.9 Å². The largest absolute Gasteiger partial charge is 0.389 e. The number of halogens is 1. The molecule has 1 aliphatic rings. The van der Waals surface area contributed by atoms with Crippen LogP contribution in [-0.2, 0) is 0 Å². The average molecular weight is 349 g/mol. The predicted molar refractivity (Wildman–Crippen MR) is 80.9 cm³/mol. The lowest BCUT2D eigenvalue weighted by Gasteiger charge is -2.21. The molecule has 2 atom stereocenters. The summed E-state index contributed by atoms with van der Waals surface area (Å²) >= 11 is 3.36. The first-order chi connectivity index (χ1) is 10.0. The van der Waals surface area contributed by atoms with E-state index >= 15 is 0 Å². The number of anilines is 1. The van der Waals surface area contributed by atoms with Gasteiger partial charge in [-0.2, -0.15) is 5.26 Å². The Labute approximate surface area is 129 Å². The smallest absolute Gasteiger partial charge is 0.107 e. The van der Waals surface area contributed by atoms with Gasteiger partial charge in [0.2, 0.25) is 0 Å². The van der Waals surface area contributed by atoms with Crippen LogP contribution in [-0.4, -0.2) is 45.5 Å². The van der Waals surface area contributed by atoms with Crippen LogP contribution in [0.4, 0.5) is 5.69 Å². The molecule has 2 aromatic rings. The van der Waals surface area contributed by atoms with Crippen molar-refractivity contribution in [3.05, 3.63) is 28.1 Å². The highest BCUT2D eigenvalue weighted by Gasteiger charge is 2.32. The molecule has 6 nitrogen and oxygen atoms in total. The molecule has 0 aromatic carbocycles. The number of β-amino-alcohol motifs (C(OH)–C–C–N with tert-alkyl or cyclic N) is 2. The van der Waals surface area contributed by atoms with E-state index in [1.54, 1.807) is 0 Å². The summed E-state index contributed by atoms with van der Waals surface area (Å²) in [5, 5.41) is 29.7. The maximum atomic E-state index is 9.76. The Balaban J connectivity index is 2.26. The van der Waals surface area contributed by atoms with Crippen LogP contribution in [0.5, 0.6) is 0 Å². The standard InChI is InChI=1S/C14H13BrN4O2/c1-7-13-9(2-12(15)18-7)14(8(3-16)4-17-13)19-5-10(20)11(21)6-19/h2,4,10-11,20-21H,5-6H2,1H3/t10-,11+. The Morgan fingerprint density at radius 1 is 1.38 bits per heavy atom. The first-order valence-electron chi connectivity index (χ1n) is 6.48. The van der Waals surface area contributed by atoms with E-state index in [1.165, 1.54) is 6.20 Å². The minimum absolute atomic E-state index is 0.286. The van der Waals surface area contributed by atoms with Gasteiger partial charge in [-0.25, -0.2) is 4.98 Å². The average Bonchev–Trinajstić information content (AvgIpc) is 2.76. The summed E-state index contributed by atoms with van der Waals surface area (Å²) in [6.07, 6.45) is -0.116. The third-order valence-corrected chi connectivity index (χ3v) is 4.07. The Morgan fingerprint density at radius 3 is 2.67 bits per heavy atom. The third kappa shape index (κ3) is 2.35. The van der Waals surface area contributed by atoms with E-state index in [2.05, 4.69) is 32.0 Å². The minimum Gasteiger partial charge on any atom is -0.389 e. The lowest BCUT2D eigenvalue weighted by Crippen LogP contribution is -2.22. The monoisotopic (exact) mass is 348 g/mol. The number of nitrogens with zero attached hydrogens (tertiary/aromatic N) is 4. The van der Waals surface area contributed by atoms with Crippen molar-refractivity contribution >= 4 is 32.5 Å². The topological polar surface area (TPSA) is 93.3 Å². The Kier molecular flexibility index (Phi) is 3.53. The number of aliphatic hydroxyl groups excluding tert-OH is 2. The highest BCUT2D eigenvalue weighted by atomic mass is 79.9. The molecule has 3 heterocycles. The molecule has 0 unspecified atom stereocenters.